The number of rotatable bonds is 6. The van der Waals surface area contributed by atoms with Gasteiger partial charge in [-0.3, -0.25) is 0 Å². The maximum absolute atomic E-state index is 12.6. The van der Waals surface area contributed by atoms with Crippen molar-refractivity contribution in [2.45, 2.75) is 32.5 Å². The summed E-state index contributed by atoms with van der Waals surface area (Å²) < 4.78 is 34.4. The number of nitrogens with one attached hydrogen (secondary N) is 1. The van der Waals surface area contributed by atoms with E-state index in [1.165, 1.54) is 35.6 Å². The van der Waals surface area contributed by atoms with E-state index in [0.29, 0.717) is 8.95 Å². The zero-order valence-electron chi connectivity index (χ0n) is 15.6. The molecule has 0 unspecified atom stereocenters. The minimum atomic E-state index is -3.72. The van der Waals surface area contributed by atoms with Crippen LogP contribution >= 0.6 is 43.0 Å². The van der Waals surface area contributed by atoms with E-state index in [4.69, 9.17) is 11.6 Å². The minimum absolute atomic E-state index is 0.147. The van der Waals surface area contributed by atoms with Gasteiger partial charge in [0.15, 0.2) is 0 Å². The van der Waals surface area contributed by atoms with Crippen molar-refractivity contribution in [2.24, 2.45) is 0 Å². The fourth-order valence-corrected chi connectivity index (χ4v) is 13.3. The molecule has 1 aliphatic rings. The summed E-state index contributed by atoms with van der Waals surface area (Å²) in [5.74, 6) is 0. The predicted molar refractivity (Wildman–Crippen MR) is 128 cm³/mol. The van der Waals surface area contributed by atoms with Gasteiger partial charge in [0.2, 0.25) is 0 Å². The molecule has 0 radical (unpaired) electrons. The van der Waals surface area contributed by atoms with Crippen LogP contribution in [0.2, 0.25) is 5.02 Å². The van der Waals surface area contributed by atoms with Gasteiger partial charge in [0.05, 0.1) is 0 Å². The van der Waals surface area contributed by atoms with Crippen molar-refractivity contribution in [3.05, 3.63) is 71.0 Å². The molecule has 5 nitrogen and oxygen atoms in total. The monoisotopic (exact) mass is 561 g/mol. The van der Waals surface area contributed by atoms with Crippen LogP contribution in [0, 0.1) is 0 Å². The molecule has 0 spiro atoms. The van der Waals surface area contributed by atoms with Crippen LogP contribution in [0.1, 0.15) is 34.3 Å². The van der Waals surface area contributed by atoms with Gasteiger partial charge in [-0.1, -0.05) is 0 Å². The van der Waals surface area contributed by atoms with Crippen molar-refractivity contribution in [3.8, 4) is 0 Å². The van der Waals surface area contributed by atoms with Gasteiger partial charge in [-0.2, -0.15) is 0 Å². The van der Waals surface area contributed by atoms with Crippen LogP contribution in [-0.2, 0) is 14.5 Å². The molecule has 0 saturated carbocycles. The first-order chi connectivity index (χ1) is 14.0. The number of alkyl halides is 3. The van der Waals surface area contributed by atoms with E-state index in [1.807, 2.05) is 6.07 Å². The zero-order chi connectivity index (χ0) is 20.3. The fraction of sp³-hybridized carbons (Fsp3) is 0.300. The molecule has 1 N–H and O–H groups in total. The van der Waals surface area contributed by atoms with E-state index in [9.17, 15) is 8.42 Å². The van der Waals surface area contributed by atoms with Gasteiger partial charge < -0.3 is 0 Å². The van der Waals surface area contributed by atoms with Crippen LogP contribution in [0.15, 0.2) is 59.8 Å². The van der Waals surface area contributed by atoms with Crippen molar-refractivity contribution in [1.29, 1.82) is 0 Å². The van der Waals surface area contributed by atoms with Crippen molar-refractivity contribution >= 4 is 58.1 Å². The first-order valence-electron chi connectivity index (χ1n) is 9.26. The first-order valence-corrected chi connectivity index (χ1v) is 16.2. The Labute approximate surface area is 187 Å². The molecule has 3 aromatic rings. The van der Waals surface area contributed by atoms with Crippen LogP contribution in [0.3, 0.4) is 0 Å². The van der Waals surface area contributed by atoms with Gasteiger partial charge >= 0.3 is 189 Å². The number of aromatic nitrogens is 2. The molecule has 1 aromatic heterocycles. The molecular formula is C20H21ClIN3O2S2. The summed E-state index contributed by atoms with van der Waals surface area (Å²) in [4.78, 5) is 4.02. The molecule has 2 heterocycles. The zero-order valence-corrected chi connectivity index (χ0v) is 20.1. The third kappa shape index (κ3) is 5.10. The van der Waals surface area contributed by atoms with Crippen LogP contribution in [0.5, 0.6) is 0 Å². The van der Waals surface area contributed by atoms with Gasteiger partial charge in [0, 0.05) is 0 Å². The molecule has 1 atom stereocenters. The second kappa shape index (κ2) is 9.28. The van der Waals surface area contributed by atoms with E-state index in [2.05, 4.69) is 44.4 Å². The van der Waals surface area contributed by atoms with Gasteiger partial charge in [-0.15, -0.1) is 0 Å². The fourth-order valence-electron chi connectivity index (χ4n) is 3.42. The van der Waals surface area contributed by atoms with E-state index in [0.717, 1.165) is 21.5 Å². The van der Waals surface area contributed by atoms with E-state index < -0.39 is 29.8 Å². The van der Waals surface area contributed by atoms with E-state index in [1.54, 1.807) is 12.1 Å². The molecule has 2 aromatic carbocycles. The van der Waals surface area contributed by atoms with Crippen molar-refractivity contribution in [3.63, 3.8) is 0 Å². The molecule has 9 heteroatoms. The third-order valence-electron chi connectivity index (χ3n) is 4.85. The quantitative estimate of drug-likeness (QED) is 0.299. The number of nitrogens with zero attached hydrogens (tertiary/aromatic N) is 2. The molecular weight excluding hydrogens is 541 g/mol. The van der Waals surface area contributed by atoms with E-state index in [-0.39, 0.29) is 10.0 Å². The Hall–Kier alpha value is -1.23. The number of hydrogen-bond donors (Lipinski definition) is 1. The normalized spacial score (nSPS) is 18.5. The van der Waals surface area contributed by atoms with Crippen molar-refractivity contribution in [2.75, 3.05) is 9.15 Å². The molecule has 29 heavy (non-hydrogen) atoms. The number of benzene rings is 2. The van der Waals surface area contributed by atoms with Gasteiger partial charge in [-0.25, -0.2) is 0 Å². The summed E-state index contributed by atoms with van der Waals surface area (Å²) >= 11 is 6.23. The maximum atomic E-state index is 12.6. The standard InChI is InChI=1S/C20H21ClIN3O2S2/c21-18-12-17(29(26,27)25-20-23-14-24-28-20)10-9-16(18)13-22-11-5-4-8-19(22)15-6-2-1-3-7-15/h1-3,6-7,9-10,12,14,19H,4-5,8,11,13H2,(H,23,24,25)/t19-/m1/s1. The van der Waals surface area contributed by atoms with Crippen LogP contribution in [0.25, 0.3) is 0 Å². The van der Waals surface area contributed by atoms with Gasteiger partial charge in [-0.05, 0) is 0 Å². The Kier molecular flexibility index (Phi) is 6.73. The summed E-state index contributed by atoms with van der Waals surface area (Å²) in [6, 6.07) is 15.9. The van der Waals surface area contributed by atoms with Gasteiger partial charge in [0.25, 0.3) is 0 Å². The van der Waals surface area contributed by atoms with Crippen molar-refractivity contribution in [1.82, 2.24) is 9.36 Å². The second-order valence-corrected chi connectivity index (χ2v) is 15.9. The summed E-state index contributed by atoms with van der Waals surface area (Å²) in [5, 5.41) is 0.770. The molecule has 1 saturated heterocycles. The van der Waals surface area contributed by atoms with Gasteiger partial charge in [0.1, 0.15) is 0 Å². The average Bonchev–Trinajstić information content (AvgIpc) is 3.23. The molecule has 0 amide bonds. The Morgan fingerprint density at radius 2 is 2.00 bits per heavy atom. The second-order valence-electron chi connectivity index (χ2n) is 6.80. The Balaban J connectivity index is 1.53. The number of sulfonamides is 1. The van der Waals surface area contributed by atoms with Crippen molar-refractivity contribution < 1.29 is 8.42 Å². The first kappa shape index (κ1) is 21.0. The average molecular weight is 562 g/mol. The predicted octanol–water partition coefficient (Wildman–Crippen LogP) is 5.92. The summed E-state index contributed by atoms with van der Waals surface area (Å²) in [6.07, 6.45) is 5.15. The molecule has 0 aliphatic carbocycles. The van der Waals surface area contributed by atoms with Crippen LogP contribution < -0.4 is 4.72 Å². The summed E-state index contributed by atoms with van der Waals surface area (Å²) in [7, 11) is -3.72. The molecule has 0 bridgehead atoms. The molecule has 4 rings (SSSR count). The Bertz CT molecular complexity index is 1060. The Morgan fingerprint density at radius 3 is 2.72 bits per heavy atom. The third-order valence-corrected chi connectivity index (χ3v) is 14.7. The Morgan fingerprint density at radius 1 is 1.17 bits per heavy atom. The topological polar surface area (TPSA) is 72.0 Å². The molecule has 1 fully saturated rings. The SMILES string of the molecule is O=S(=O)(Nc1ncns1)c1ccc(CI2CCCC[C@@H]2c2ccccc2)c(Cl)c1. The van der Waals surface area contributed by atoms with Crippen LogP contribution in [-0.4, -0.2) is 22.2 Å². The van der Waals surface area contributed by atoms with Crippen LogP contribution in [0.4, 0.5) is 5.13 Å². The number of anilines is 1. The number of halogens is 2. The summed E-state index contributed by atoms with van der Waals surface area (Å²) in [5.41, 5.74) is 2.52. The molecule has 1 aliphatic heterocycles. The van der Waals surface area contributed by atoms with E-state index >= 15 is 0 Å². The number of hydrogen-bond acceptors (Lipinski definition) is 5. The molecule has 154 valence electrons. The summed E-state index contributed by atoms with van der Waals surface area (Å²) in [6.45, 7) is 0.